The summed E-state index contributed by atoms with van der Waals surface area (Å²) in [6.07, 6.45) is 4.27. The minimum absolute atomic E-state index is 0.00285. The molecule has 108 valence electrons. The molecule has 2 fully saturated rings. The molecule has 1 saturated carbocycles. The smallest absolute Gasteiger partial charge is 0.233 e. The first kappa shape index (κ1) is 14.5. The van der Waals surface area contributed by atoms with Gasteiger partial charge in [-0.3, -0.25) is 14.5 Å². The van der Waals surface area contributed by atoms with Crippen LogP contribution < -0.4 is 0 Å². The van der Waals surface area contributed by atoms with E-state index in [1.807, 2.05) is 20.8 Å². The van der Waals surface area contributed by atoms with Gasteiger partial charge in [0.25, 0.3) is 0 Å². The van der Waals surface area contributed by atoms with Gasteiger partial charge in [0.15, 0.2) is 0 Å². The number of fused-ring (bicyclic) bond motifs is 1. The molecule has 4 heteroatoms. The minimum Gasteiger partial charge on any atom is -0.396 e. The van der Waals surface area contributed by atoms with Gasteiger partial charge >= 0.3 is 0 Å². The van der Waals surface area contributed by atoms with Gasteiger partial charge in [0, 0.05) is 12.6 Å². The molecule has 0 bridgehead atoms. The SMILES string of the molecule is CC(C)(C)C(CCO)N1C(=O)C2CCCCC2C1=O. The summed E-state index contributed by atoms with van der Waals surface area (Å²) in [5, 5.41) is 9.24. The van der Waals surface area contributed by atoms with Gasteiger partial charge in [-0.2, -0.15) is 0 Å². The maximum absolute atomic E-state index is 12.5. The van der Waals surface area contributed by atoms with Gasteiger partial charge in [0.2, 0.25) is 11.8 Å². The first-order chi connectivity index (χ1) is 8.88. The van der Waals surface area contributed by atoms with Crippen molar-refractivity contribution < 1.29 is 14.7 Å². The van der Waals surface area contributed by atoms with Crippen LogP contribution in [0.4, 0.5) is 0 Å². The van der Waals surface area contributed by atoms with Crippen molar-refractivity contribution in [2.75, 3.05) is 6.61 Å². The third kappa shape index (κ3) is 2.55. The van der Waals surface area contributed by atoms with Crippen molar-refractivity contribution >= 4 is 11.8 Å². The first-order valence-corrected chi connectivity index (χ1v) is 7.35. The number of imide groups is 1. The highest BCUT2D eigenvalue weighted by atomic mass is 16.3. The molecule has 2 amide bonds. The van der Waals surface area contributed by atoms with E-state index in [-0.39, 0.29) is 41.7 Å². The second-order valence-corrected chi connectivity index (χ2v) is 6.94. The number of aliphatic hydroxyl groups is 1. The lowest BCUT2D eigenvalue weighted by Crippen LogP contribution is -2.48. The van der Waals surface area contributed by atoms with Crippen LogP contribution in [0.5, 0.6) is 0 Å². The zero-order valence-electron chi connectivity index (χ0n) is 12.2. The molecule has 0 radical (unpaired) electrons. The summed E-state index contributed by atoms with van der Waals surface area (Å²) in [6.45, 7) is 6.08. The zero-order valence-corrected chi connectivity index (χ0v) is 12.2. The summed E-state index contributed by atoms with van der Waals surface area (Å²) in [6, 6.07) is -0.192. The molecule has 4 nitrogen and oxygen atoms in total. The number of carbonyl (C=O) groups excluding carboxylic acids is 2. The third-order valence-electron chi connectivity index (χ3n) is 4.59. The topological polar surface area (TPSA) is 57.6 Å². The van der Waals surface area contributed by atoms with E-state index >= 15 is 0 Å². The molecule has 3 unspecified atom stereocenters. The van der Waals surface area contributed by atoms with Crippen molar-refractivity contribution in [2.24, 2.45) is 17.3 Å². The molecule has 1 heterocycles. The van der Waals surface area contributed by atoms with Crippen molar-refractivity contribution in [3.8, 4) is 0 Å². The van der Waals surface area contributed by atoms with E-state index in [9.17, 15) is 14.7 Å². The highest BCUT2D eigenvalue weighted by molar-refractivity contribution is 6.05. The summed E-state index contributed by atoms with van der Waals surface area (Å²) in [4.78, 5) is 26.6. The van der Waals surface area contributed by atoms with Gasteiger partial charge < -0.3 is 5.11 Å². The lowest BCUT2D eigenvalue weighted by Gasteiger charge is -2.36. The Morgan fingerprint density at radius 3 is 2.00 bits per heavy atom. The fourth-order valence-corrected chi connectivity index (χ4v) is 3.57. The van der Waals surface area contributed by atoms with Crippen LogP contribution in [0, 0.1) is 17.3 Å². The average molecular weight is 267 g/mol. The quantitative estimate of drug-likeness (QED) is 0.795. The molecule has 1 aliphatic heterocycles. The van der Waals surface area contributed by atoms with Crippen molar-refractivity contribution in [3.63, 3.8) is 0 Å². The number of amides is 2. The Hall–Kier alpha value is -0.900. The molecule has 0 spiro atoms. The Morgan fingerprint density at radius 2 is 1.63 bits per heavy atom. The van der Waals surface area contributed by atoms with Gasteiger partial charge in [-0.05, 0) is 24.7 Å². The molecule has 0 aromatic rings. The Kier molecular flexibility index (Phi) is 4.00. The van der Waals surface area contributed by atoms with Crippen LogP contribution >= 0.6 is 0 Å². The molecule has 0 aromatic carbocycles. The highest BCUT2D eigenvalue weighted by Crippen LogP contribution is 2.41. The first-order valence-electron chi connectivity index (χ1n) is 7.35. The van der Waals surface area contributed by atoms with Crippen LogP contribution in [-0.4, -0.2) is 34.5 Å². The molecular weight excluding hydrogens is 242 g/mol. The number of aliphatic hydroxyl groups excluding tert-OH is 1. The number of carbonyl (C=O) groups is 2. The number of nitrogens with zero attached hydrogens (tertiary/aromatic N) is 1. The fraction of sp³-hybridized carbons (Fsp3) is 0.867. The number of hydrogen-bond donors (Lipinski definition) is 1. The summed E-state index contributed by atoms with van der Waals surface area (Å²) >= 11 is 0. The van der Waals surface area contributed by atoms with E-state index in [2.05, 4.69) is 0 Å². The maximum atomic E-state index is 12.5. The van der Waals surface area contributed by atoms with Gasteiger partial charge in [0.05, 0.1) is 11.8 Å². The Morgan fingerprint density at radius 1 is 1.16 bits per heavy atom. The lowest BCUT2D eigenvalue weighted by atomic mass is 9.81. The van der Waals surface area contributed by atoms with E-state index < -0.39 is 0 Å². The van der Waals surface area contributed by atoms with Gasteiger partial charge in [-0.25, -0.2) is 0 Å². The predicted octanol–water partition coefficient (Wildman–Crippen LogP) is 1.96. The van der Waals surface area contributed by atoms with Crippen LogP contribution in [0.3, 0.4) is 0 Å². The second-order valence-electron chi connectivity index (χ2n) is 6.94. The third-order valence-corrected chi connectivity index (χ3v) is 4.59. The summed E-state index contributed by atoms with van der Waals surface area (Å²) in [5.41, 5.74) is -0.193. The average Bonchev–Trinajstić information content (AvgIpc) is 2.59. The lowest BCUT2D eigenvalue weighted by molar-refractivity contribution is -0.145. The number of rotatable bonds is 3. The Bertz CT molecular complexity index is 348. The monoisotopic (exact) mass is 267 g/mol. The van der Waals surface area contributed by atoms with Crippen LogP contribution in [0.1, 0.15) is 52.9 Å². The van der Waals surface area contributed by atoms with Crippen molar-refractivity contribution in [2.45, 2.75) is 58.9 Å². The largest absolute Gasteiger partial charge is 0.396 e. The standard InChI is InChI=1S/C15H25NO3/c1-15(2,3)12(8-9-17)16-13(18)10-6-4-5-7-11(10)14(16)19/h10-12,17H,4-9H2,1-3H3. The second kappa shape index (κ2) is 5.23. The summed E-state index contributed by atoms with van der Waals surface area (Å²) < 4.78 is 0. The molecule has 19 heavy (non-hydrogen) atoms. The van der Waals surface area contributed by atoms with Gasteiger partial charge in [-0.1, -0.05) is 33.6 Å². The van der Waals surface area contributed by atoms with E-state index in [1.54, 1.807) is 0 Å². The van der Waals surface area contributed by atoms with Crippen LogP contribution in [0.15, 0.2) is 0 Å². The van der Waals surface area contributed by atoms with E-state index in [0.29, 0.717) is 6.42 Å². The van der Waals surface area contributed by atoms with E-state index in [1.165, 1.54) is 4.90 Å². The van der Waals surface area contributed by atoms with Crippen LogP contribution in [0.2, 0.25) is 0 Å². The molecule has 3 atom stereocenters. The molecule has 2 rings (SSSR count). The van der Waals surface area contributed by atoms with Crippen molar-refractivity contribution in [1.82, 2.24) is 4.90 Å². The minimum atomic E-state index is -0.193. The van der Waals surface area contributed by atoms with Crippen molar-refractivity contribution in [1.29, 1.82) is 0 Å². The molecule has 1 N–H and O–H groups in total. The molecular formula is C15H25NO3. The summed E-state index contributed by atoms with van der Waals surface area (Å²) in [7, 11) is 0. The zero-order chi connectivity index (χ0) is 14.2. The van der Waals surface area contributed by atoms with Gasteiger partial charge in [0.1, 0.15) is 0 Å². The molecule has 2 aliphatic rings. The number of hydrogen-bond acceptors (Lipinski definition) is 3. The predicted molar refractivity (Wildman–Crippen MR) is 72.2 cm³/mol. The van der Waals surface area contributed by atoms with Crippen LogP contribution in [0.25, 0.3) is 0 Å². The maximum Gasteiger partial charge on any atom is 0.233 e. The Labute approximate surface area is 115 Å². The van der Waals surface area contributed by atoms with Crippen molar-refractivity contribution in [3.05, 3.63) is 0 Å². The van der Waals surface area contributed by atoms with E-state index in [0.717, 1.165) is 25.7 Å². The highest BCUT2D eigenvalue weighted by Gasteiger charge is 2.52. The van der Waals surface area contributed by atoms with Crippen LogP contribution in [-0.2, 0) is 9.59 Å². The number of likely N-dealkylation sites (tertiary alicyclic amines) is 1. The molecule has 1 saturated heterocycles. The van der Waals surface area contributed by atoms with E-state index in [4.69, 9.17) is 0 Å². The summed E-state index contributed by atoms with van der Waals surface area (Å²) in [5.74, 6) is -0.180. The molecule has 0 aromatic heterocycles. The normalized spacial score (nSPS) is 29.6. The molecule has 1 aliphatic carbocycles. The fourth-order valence-electron chi connectivity index (χ4n) is 3.57. The van der Waals surface area contributed by atoms with Gasteiger partial charge in [-0.15, -0.1) is 0 Å². The Balaban J connectivity index is 2.27.